The highest BCUT2D eigenvalue weighted by Gasteiger charge is 2.31. The molecule has 0 radical (unpaired) electrons. The molecule has 0 amide bonds. The van der Waals surface area contributed by atoms with Crippen molar-refractivity contribution in [3.05, 3.63) is 94.8 Å². The van der Waals surface area contributed by atoms with Crippen LogP contribution in [-0.2, 0) is 16.6 Å². The van der Waals surface area contributed by atoms with Gasteiger partial charge in [0.2, 0.25) is 10.0 Å². The third-order valence-electron chi connectivity index (χ3n) is 4.83. The van der Waals surface area contributed by atoms with E-state index >= 15 is 0 Å². The second kappa shape index (κ2) is 9.60. The number of hydrogen-bond acceptors (Lipinski definition) is 3. The fraction of sp³-hybridized carbons (Fsp3) is 0.217. The van der Waals surface area contributed by atoms with E-state index in [1.165, 1.54) is 28.6 Å². The highest BCUT2D eigenvalue weighted by Crippen LogP contribution is 2.32. The Morgan fingerprint density at radius 3 is 2.27 bits per heavy atom. The van der Waals surface area contributed by atoms with Crippen LogP contribution in [0.2, 0.25) is 5.02 Å². The molecule has 0 unspecified atom stereocenters. The molecule has 1 atom stereocenters. The van der Waals surface area contributed by atoms with Crippen molar-refractivity contribution in [1.82, 2.24) is 4.31 Å². The van der Waals surface area contributed by atoms with Crippen molar-refractivity contribution in [3.63, 3.8) is 0 Å². The zero-order chi connectivity index (χ0) is 21.7. The lowest BCUT2D eigenvalue weighted by Gasteiger charge is -2.29. The van der Waals surface area contributed by atoms with Crippen LogP contribution in [0.15, 0.2) is 77.7 Å². The van der Waals surface area contributed by atoms with E-state index in [0.29, 0.717) is 12.4 Å². The molecule has 3 aromatic rings. The molecule has 0 bridgehead atoms. The van der Waals surface area contributed by atoms with Gasteiger partial charge in [0.05, 0.1) is 11.5 Å². The Bertz CT molecular complexity index is 1070. The SMILES string of the molecule is CCOc1ccc(S(=O)(=O)N(Cc2c(F)cccc2Cl)[C@H](C)c2ccccc2)cc1. The summed E-state index contributed by atoms with van der Waals surface area (Å²) in [5.41, 5.74) is 0.927. The minimum Gasteiger partial charge on any atom is -0.494 e. The van der Waals surface area contributed by atoms with E-state index < -0.39 is 21.9 Å². The van der Waals surface area contributed by atoms with Crippen LogP contribution in [0.5, 0.6) is 5.75 Å². The van der Waals surface area contributed by atoms with Crippen LogP contribution in [0.25, 0.3) is 0 Å². The summed E-state index contributed by atoms with van der Waals surface area (Å²) in [6, 6.07) is 19.2. The van der Waals surface area contributed by atoms with E-state index in [4.69, 9.17) is 16.3 Å². The first kappa shape index (κ1) is 22.3. The highest BCUT2D eigenvalue weighted by atomic mass is 35.5. The molecule has 0 aliphatic heterocycles. The first-order valence-corrected chi connectivity index (χ1v) is 11.4. The molecule has 0 heterocycles. The van der Waals surface area contributed by atoms with Gasteiger partial charge in [0.15, 0.2) is 0 Å². The maximum atomic E-state index is 14.5. The molecule has 3 aromatic carbocycles. The van der Waals surface area contributed by atoms with Crippen molar-refractivity contribution in [3.8, 4) is 5.75 Å². The van der Waals surface area contributed by atoms with Crippen LogP contribution in [0.3, 0.4) is 0 Å². The molecule has 0 saturated heterocycles. The summed E-state index contributed by atoms with van der Waals surface area (Å²) >= 11 is 6.20. The Kier molecular flexibility index (Phi) is 7.13. The van der Waals surface area contributed by atoms with Crippen molar-refractivity contribution in [2.45, 2.75) is 31.3 Å². The minimum atomic E-state index is -3.96. The summed E-state index contributed by atoms with van der Waals surface area (Å²) in [7, 11) is -3.96. The molecular weight excluding hydrogens is 425 g/mol. The maximum Gasteiger partial charge on any atom is 0.243 e. The summed E-state index contributed by atoms with van der Waals surface area (Å²) in [5.74, 6) is 0.0333. The Morgan fingerprint density at radius 1 is 1.00 bits per heavy atom. The highest BCUT2D eigenvalue weighted by molar-refractivity contribution is 7.89. The van der Waals surface area contributed by atoms with Crippen LogP contribution in [0, 0.1) is 5.82 Å². The number of sulfonamides is 1. The van der Waals surface area contributed by atoms with Crippen LogP contribution in [0.4, 0.5) is 4.39 Å². The average Bonchev–Trinajstić information content (AvgIpc) is 2.74. The molecular formula is C23H23ClFNO3S. The van der Waals surface area contributed by atoms with Crippen LogP contribution >= 0.6 is 11.6 Å². The number of halogens is 2. The fourth-order valence-electron chi connectivity index (χ4n) is 3.18. The normalized spacial score (nSPS) is 12.7. The average molecular weight is 448 g/mol. The van der Waals surface area contributed by atoms with Gasteiger partial charge >= 0.3 is 0 Å². The molecule has 30 heavy (non-hydrogen) atoms. The van der Waals surface area contributed by atoms with Crippen LogP contribution in [-0.4, -0.2) is 19.3 Å². The van der Waals surface area contributed by atoms with Crippen molar-refractivity contribution < 1.29 is 17.5 Å². The second-order valence-electron chi connectivity index (χ2n) is 6.74. The number of ether oxygens (including phenoxy) is 1. The predicted octanol–water partition coefficient (Wildman–Crippen LogP) is 5.83. The third-order valence-corrected chi connectivity index (χ3v) is 7.12. The van der Waals surface area contributed by atoms with E-state index in [1.807, 2.05) is 37.3 Å². The monoisotopic (exact) mass is 447 g/mol. The Balaban J connectivity index is 2.05. The van der Waals surface area contributed by atoms with Crippen molar-refractivity contribution >= 4 is 21.6 Å². The largest absolute Gasteiger partial charge is 0.494 e. The zero-order valence-electron chi connectivity index (χ0n) is 16.8. The van der Waals surface area contributed by atoms with Gasteiger partial charge in [-0.25, -0.2) is 12.8 Å². The lowest BCUT2D eigenvalue weighted by molar-refractivity contribution is 0.331. The maximum absolute atomic E-state index is 14.5. The fourth-order valence-corrected chi connectivity index (χ4v) is 4.99. The summed E-state index contributed by atoms with van der Waals surface area (Å²) in [5, 5.41) is 0.183. The molecule has 0 aromatic heterocycles. The van der Waals surface area contributed by atoms with Gasteiger partial charge in [0.1, 0.15) is 11.6 Å². The summed E-state index contributed by atoms with van der Waals surface area (Å²) in [6.07, 6.45) is 0. The Labute approximate surface area is 181 Å². The summed E-state index contributed by atoms with van der Waals surface area (Å²) in [6.45, 7) is 3.91. The topological polar surface area (TPSA) is 46.6 Å². The number of benzene rings is 3. The third kappa shape index (κ3) is 4.83. The van der Waals surface area contributed by atoms with Gasteiger partial charge in [-0.2, -0.15) is 4.31 Å². The van der Waals surface area contributed by atoms with Gasteiger partial charge in [-0.1, -0.05) is 48.0 Å². The molecule has 0 N–H and O–H groups in total. The van der Waals surface area contributed by atoms with Gasteiger partial charge in [-0.05, 0) is 55.8 Å². The summed E-state index contributed by atoms with van der Waals surface area (Å²) < 4.78 is 48.3. The molecule has 7 heteroatoms. The zero-order valence-corrected chi connectivity index (χ0v) is 18.3. The number of rotatable bonds is 8. The molecule has 4 nitrogen and oxygen atoms in total. The molecule has 0 aliphatic carbocycles. The predicted molar refractivity (Wildman–Crippen MR) is 117 cm³/mol. The number of hydrogen-bond donors (Lipinski definition) is 0. The molecule has 3 rings (SSSR count). The first-order valence-electron chi connectivity index (χ1n) is 9.57. The van der Waals surface area contributed by atoms with E-state index in [0.717, 1.165) is 5.56 Å². The van der Waals surface area contributed by atoms with Gasteiger partial charge in [0, 0.05) is 23.2 Å². The molecule has 0 spiro atoms. The van der Waals surface area contributed by atoms with E-state index in [2.05, 4.69) is 0 Å². The smallest absolute Gasteiger partial charge is 0.243 e. The van der Waals surface area contributed by atoms with Gasteiger partial charge in [-0.3, -0.25) is 0 Å². The quantitative estimate of drug-likeness (QED) is 0.436. The standard InChI is InChI=1S/C23H23ClFNO3S/c1-3-29-19-12-14-20(15-13-19)30(27,28)26(17(2)18-8-5-4-6-9-18)16-21-22(24)10-7-11-23(21)25/h4-15,17H,3,16H2,1-2H3/t17-/m1/s1. The summed E-state index contributed by atoms with van der Waals surface area (Å²) in [4.78, 5) is 0.0983. The number of nitrogens with zero attached hydrogens (tertiary/aromatic N) is 1. The van der Waals surface area contributed by atoms with Gasteiger partial charge < -0.3 is 4.74 Å². The van der Waals surface area contributed by atoms with Crippen molar-refractivity contribution in [2.24, 2.45) is 0 Å². The van der Waals surface area contributed by atoms with Gasteiger partial charge in [0.25, 0.3) is 0 Å². The van der Waals surface area contributed by atoms with Crippen molar-refractivity contribution in [2.75, 3.05) is 6.61 Å². The van der Waals surface area contributed by atoms with Crippen LogP contribution < -0.4 is 4.74 Å². The molecule has 0 fully saturated rings. The molecule has 0 saturated carbocycles. The lowest BCUT2D eigenvalue weighted by atomic mass is 10.1. The second-order valence-corrected chi connectivity index (χ2v) is 9.04. The van der Waals surface area contributed by atoms with Crippen LogP contribution in [0.1, 0.15) is 31.0 Å². The Hall–Kier alpha value is -2.41. The van der Waals surface area contributed by atoms with E-state index in [9.17, 15) is 12.8 Å². The van der Waals surface area contributed by atoms with E-state index in [-0.39, 0.29) is 22.0 Å². The van der Waals surface area contributed by atoms with Gasteiger partial charge in [-0.15, -0.1) is 0 Å². The molecule has 0 aliphatic rings. The molecule has 158 valence electrons. The Morgan fingerprint density at radius 2 is 1.67 bits per heavy atom. The van der Waals surface area contributed by atoms with E-state index in [1.54, 1.807) is 25.1 Å². The lowest BCUT2D eigenvalue weighted by Crippen LogP contribution is -2.33. The van der Waals surface area contributed by atoms with Crippen molar-refractivity contribution in [1.29, 1.82) is 0 Å². The first-order chi connectivity index (χ1) is 14.3. The minimum absolute atomic E-state index is 0.0983.